The van der Waals surface area contributed by atoms with Gasteiger partial charge in [-0.2, -0.15) is 0 Å². The molecule has 3 amide bonds. The number of benzene rings is 2. The molecule has 0 aliphatic rings. The van der Waals surface area contributed by atoms with E-state index in [1.807, 2.05) is 0 Å². The number of imide groups is 1. The zero-order chi connectivity index (χ0) is 20.5. The van der Waals surface area contributed by atoms with Gasteiger partial charge in [-0.25, -0.2) is 9.59 Å². The molecule has 2 aromatic carbocycles. The largest absolute Gasteiger partial charge is 0.493 e. The summed E-state index contributed by atoms with van der Waals surface area (Å²) in [7, 11) is 2.69. The highest BCUT2D eigenvalue weighted by Gasteiger charge is 2.26. The second-order valence-corrected chi connectivity index (χ2v) is 5.61. The number of carbonyl (C=O) groups excluding carboxylic acids is 3. The fraction of sp³-hybridized carbons (Fsp3) is 0.250. The van der Waals surface area contributed by atoms with Gasteiger partial charge in [0.15, 0.2) is 11.5 Å². The quantitative estimate of drug-likeness (QED) is 0.709. The summed E-state index contributed by atoms with van der Waals surface area (Å²) in [5.74, 6) is -0.695. The minimum absolute atomic E-state index is 0.232. The van der Waals surface area contributed by atoms with Crippen LogP contribution in [0.15, 0.2) is 48.5 Å². The van der Waals surface area contributed by atoms with Crippen LogP contribution in [-0.2, 0) is 9.53 Å². The minimum Gasteiger partial charge on any atom is -0.493 e. The van der Waals surface area contributed by atoms with E-state index < -0.39 is 24.0 Å². The first-order valence-electron chi connectivity index (χ1n) is 8.56. The molecule has 1 atom stereocenters. The van der Waals surface area contributed by atoms with Gasteiger partial charge in [0.2, 0.25) is 6.10 Å². The van der Waals surface area contributed by atoms with Crippen LogP contribution < -0.4 is 20.1 Å². The normalized spacial score (nSPS) is 11.1. The summed E-state index contributed by atoms with van der Waals surface area (Å²) in [5, 5.41) is 4.74. The zero-order valence-corrected chi connectivity index (χ0v) is 15.9. The zero-order valence-electron chi connectivity index (χ0n) is 15.9. The van der Waals surface area contributed by atoms with Crippen LogP contribution in [0.4, 0.5) is 4.79 Å². The Morgan fingerprint density at radius 2 is 1.71 bits per heavy atom. The smallest absolute Gasteiger partial charge is 0.337 e. The highest BCUT2D eigenvalue weighted by Crippen LogP contribution is 2.32. The highest BCUT2D eigenvalue weighted by atomic mass is 16.5. The molecule has 8 nitrogen and oxygen atoms in total. The van der Waals surface area contributed by atoms with Crippen LogP contribution in [0.2, 0.25) is 0 Å². The van der Waals surface area contributed by atoms with Crippen molar-refractivity contribution >= 4 is 17.9 Å². The minimum atomic E-state index is -1.11. The number of rotatable bonds is 7. The molecule has 2 N–H and O–H groups in total. The Bertz CT molecular complexity index is 838. The average molecular weight is 386 g/mol. The fourth-order valence-electron chi connectivity index (χ4n) is 2.42. The maximum Gasteiger partial charge on any atom is 0.337 e. The highest BCUT2D eigenvalue weighted by molar-refractivity contribution is 5.97. The van der Waals surface area contributed by atoms with E-state index in [1.165, 1.54) is 32.4 Å². The molecule has 0 unspecified atom stereocenters. The van der Waals surface area contributed by atoms with E-state index in [1.54, 1.807) is 37.3 Å². The van der Waals surface area contributed by atoms with Gasteiger partial charge in [-0.3, -0.25) is 10.1 Å². The Morgan fingerprint density at radius 3 is 2.32 bits per heavy atom. The van der Waals surface area contributed by atoms with Crippen LogP contribution in [0.1, 0.15) is 28.9 Å². The van der Waals surface area contributed by atoms with Gasteiger partial charge in [-0.1, -0.05) is 30.3 Å². The fourth-order valence-corrected chi connectivity index (χ4v) is 2.42. The lowest BCUT2D eigenvalue weighted by Gasteiger charge is -2.20. The second kappa shape index (κ2) is 9.96. The van der Waals surface area contributed by atoms with Crippen LogP contribution in [0.3, 0.4) is 0 Å². The molecule has 0 spiro atoms. The van der Waals surface area contributed by atoms with Crippen molar-refractivity contribution in [2.45, 2.75) is 13.0 Å². The Morgan fingerprint density at radius 1 is 1.00 bits per heavy atom. The van der Waals surface area contributed by atoms with E-state index in [2.05, 4.69) is 15.4 Å². The Labute approximate surface area is 162 Å². The van der Waals surface area contributed by atoms with Crippen molar-refractivity contribution in [2.24, 2.45) is 0 Å². The lowest BCUT2D eigenvalue weighted by Crippen LogP contribution is -2.42. The first kappa shape index (κ1) is 20.8. The molecule has 2 rings (SSSR count). The van der Waals surface area contributed by atoms with Gasteiger partial charge in [0.25, 0.3) is 5.91 Å². The maximum atomic E-state index is 12.6. The number of amides is 3. The molecular formula is C20H22N2O6. The Balaban J connectivity index is 2.33. The molecule has 0 aromatic heterocycles. The molecule has 0 fully saturated rings. The van der Waals surface area contributed by atoms with E-state index in [0.29, 0.717) is 12.1 Å². The van der Waals surface area contributed by atoms with Crippen LogP contribution >= 0.6 is 0 Å². The molecule has 8 heteroatoms. The van der Waals surface area contributed by atoms with Crippen LogP contribution in [0.5, 0.6) is 11.5 Å². The first-order chi connectivity index (χ1) is 13.5. The third-order valence-electron chi connectivity index (χ3n) is 3.74. The van der Waals surface area contributed by atoms with E-state index in [4.69, 9.17) is 9.47 Å². The molecule has 0 aliphatic carbocycles. The third-order valence-corrected chi connectivity index (χ3v) is 3.74. The second-order valence-electron chi connectivity index (χ2n) is 5.61. The number of urea groups is 1. The van der Waals surface area contributed by atoms with Crippen molar-refractivity contribution in [3.63, 3.8) is 0 Å². The predicted molar refractivity (Wildman–Crippen MR) is 101 cm³/mol. The molecule has 0 saturated carbocycles. The van der Waals surface area contributed by atoms with Gasteiger partial charge in [-0.05, 0) is 25.1 Å². The monoisotopic (exact) mass is 386 g/mol. The molecule has 28 heavy (non-hydrogen) atoms. The molecule has 148 valence electrons. The van der Waals surface area contributed by atoms with Gasteiger partial charge >= 0.3 is 12.0 Å². The van der Waals surface area contributed by atoms with Crippen LogP contribution in [0.25, 0.3) is 0 Å². The summed E-state index contributed by atoms with van der Waals surface area (Å²) in [6.07, 6.45) is -1.11. The van der Waals surface area contributed by atoms with Crippen molar-refractivity contribution in [2.75, 3.05) is 20.8 Å². The molecule has 2 aromatic rings. The number of ether oxygens (including phenoxy) is 3. The van der Waals surface area contributed by atoms with Crippen LogP contribution in [-0.4, -0.2) is 38.7 Å². The van der Waals surface area contributed by atoms with Gasteiger partial charge in [0, 0.05) is 12.1 Å². The summed E-state index contributed by atoms with van der Waals surface area (Å²) in [6.45, 7) is 2.11. The van der Waals surface area contributed by atoms with Crippen molar-refractivity contribution in [3.05, 3.63) is 59.7 Å². The summed E-state index contributed by atoms with van der Waals surface area (Å²) in [5.41, 5.74) is 0.818. The standard InChI is InChI=1S/C20H22N2O6/c1-4-21-20(25)22-18(23)17(13-8-6-5-7-9-13)28-15-11-10-14(19(24)27-3)12-16(15)26-2/h5-12,17H,4H2,1-3H3,(H2,21,22,23,25)/t17-/m0/s1. The van der Waals surface area contributed by atoms with Gasteiger partial charge in [0.05, 0.1) is 19.8 Å². The molecule has 0 heterocycles. The Kier molecular flexibility index (Phi) is 7.38. The number of carbonyl (C=O) groups is 3. The van der Waals surface area contributed by atoms with Gasteiger partial charge in [0.1, 0.15) is 0 Å². The number of esters is 1. The lowest BCUT2D eigenvalue weighted by atomic mass is 10.1. The Hall–Kier alpha value is -3.55. The molecule has 0 bridgehead atoms. The number of hydrogen-bond donors (Lipinski definition) is 2. The van der Waals surface area contributed by atoms with Crippen molar-refractivity contribution < 1.29 is 28.6 Å². The van der Waals surface area contributed by atoms with Crippen molar-refractivity contribution in [1.82, 2.24) is 10.6 Å². The van der Waals surface area contributed by atoms with E-state index in [9.17, 15) is 14.4 Å². The summed E-state index contributed by atoms with van der Waals surface area (Å²) < 4.78 is 15.8. The SMILES string of the molecule is CCNC(=O)NC(=O)[C@@H](Oc1ccc(C(=O)OC)cc1OC)c1ccccc1. The van der Waals surface area contributed by atoms with Gasteiger partial charge in [-0.15, -0.1) is 0 Å². The molecule has 0 aliphatic heterocycles. The van der Waals surface area contributed by atoms with Crippen molar-refractivity contribution in [1.29, 1.82) is 0 Å². The van der Waals surface area contributed by atoms with E-state index >= 15 is 0 Å². The molecule has 0 saturated heterocycles. The van der Waals surface area contributed by atoms with Crippen LogP contribution in [0, 0.1) is 0 Å². The average Bonchev–Trinajstić information content (AvgIpc) is 2.72. The lowest BCUT2D eigenvalue weighted by molar-refractivity contribution is -0.127. The van der Waals surface area contributed by atoms with E-state index in [0.717, 1.165) is 0 Å². The molecule has 0 radical (unpaired) electrons. The summed E-state index contributed by atoms with van der Waals surface area (Å²) in [4.78, 5) is 36.1. The topological polar surface area (TPSA) is 103 Å². The number of hydrogen-bond acceptors (Lipinski definition) is 6. The van der Waals surface area contributed by atoms with Crippen molar-refractivity contribution in [3.8, 4) is 11.5 Å². The van der Waals surface area contributed by atoms with E-state index in [-0.39, 0.29) is 17.1 Å². The first-order valence-corrected chi connectivity index (χ1v) is 8.56. The summed E-state index contributed by atoms with van der Waals surface area (Å²) >= 11 is 0. The predicted octanol–water partition coefficient (Wildman–Crippen LogP) is 2.45. The van der Waals surface area contributed by atoms with Gasteiger partial charge < -0.3 is 19.5 Å². The third kappa shape index (κ3) is 5.23. The number of methoxy groups -OCH3 is 2. The molecular weight excluding hydrogens is 364 g/mol. The number of nitrogens with one attached hydrogen (secondary N) is 2. The summed E-state index contributed by atoms with van der Waals surface area (Å²) in [6, 6.07) is 12.5. The maximum absolute atomic E-state index is 12.6.